The van der Waals surface area contributed by atoms with Crippen LogP contribution in [0.4, 0.5) is 5.69 Å². The number of thiazole rings is 1. The summed E-state index contributed by atoms with van der Waals surface area (Å²) in [4.78, 5) is 16.4. The number of hydrogen-bond donors (Lipinski definition) is 3. The van der Waals surface area contributed by atoms with Crippen LogP contribution in [0.5, 0.6) is 0 Å². The van der Waals surface area contributed by atoms with E-state index in [1.165, 1.54) is 11.3 Å². The maximum absolute atomic E-state index is 12.2. The van der Waals surface area contributed by atoms with Crippen molar-refractivity contribution in [2.45, 2.75) is 13.8 Å². The molecule has 1 heterocycles. The third-order valence-electron chi connectivity index (χ3n) is 2.98. The molecule has 7 heteroatoms. The molecule has 1 aromatic carbocycles. The molecule has 1 unspecified atom stereocenters. The molecule has 1 aromatic heterocycles. The third kappa shape index (κ3) is 2.88. The van der Waals surface area contributed by atoms with E-state index in [4.69, 9.17) is 10.9 Å². The number of fused-ring (bicyclic) bond motifs is 1. The molecule has 6 nitrogen and oxygen atoms in total. The fourth-order valence-corrected chi connectivity index (χ4v) is 2.71. The Morgan fingerprint density at radius 3 is 2.90 bits per heavy atom. The Morgan fingerprint density at radius 2 is 2.25 bits per heavy atom. The monoisotopic (exact) mass is 292 g/mol. The first kappa shape index (κ1) is 14.3. The maximum Gasteiger partial charge on any atom is 0.235 e. The number of amidine groups is 1. The molecule has 0 aliphatic rings. The smallest absolute Gasteiger partial charge is 0.235 e. The molecule has 1 atom stereocenters. The molecule has 0 fully saturated rings. The molecular weight excluding hydrogens is 276 g/mol. The lowest BCUT2D eigenvalue weighted by Gasteiger charge is -2.18. The van der Waals surface area contributed by atoms with Gasteiger partial charge in [0.25, 0.3) is 0 Å². The zero-order chi connectivity index (χ0) is 14.7. The minimum atomic E-state index is -0.669. The summed E-state index contributed by atoms with van der Waals surface area (Å²) in [6.07, 6.45) is 0. The van der Waals surface area contributed by atoms with Crippen LogP contribution in [0, 0.1) is 11.8 Å². The molecule has 4 N–H and O–H groups in total. The van der Waals surface area contributed by atoms with Crippen molar-refractivity contribution < 1.29 is 10.0 Å². The van der Waals surface area contributed by atoms with Crippen LogP contribution < -0.4 is 11.1 Å². The highest BCUT2D eigenvalue weighted by molar-refractivity contribution is 7.16. The lowest BCUT2D eigenvalue weighted by molar-refractivity contribution is -0.119. The number of nitrogens with zero attached hydrogens (tertiary/aromatic N) is 2. The van der Waals surface area contributed by atoms with Crippen molar-refractivity contribution in [2.75, 3.05) is 5.32 Å². The first-order chi connectivity index (χ1) is 9.52. The Morgan fingerprint density at radius 1 is 1.50 bits per heavy atom. The molecule has 2 aromatic rings. The van der Waals surface area contributed by atoms with Crippen LogP contribution in [0.2, 0.25) is 0 Å². The Bertz CT molecular complexity index is 651. The van der Waals surface area contributed by atoms with Crippen LogP contribution in [0.1, 0.15) is 13.8 Å². The van der Waals surface area contributed by atoms with E-state index in [-0.39, 0.29) is 17.7 Å². The zero-order valence-corrected chi connectivity index (χ0v) is 12.0. The van der Waals surface area contributed by atoms with Crippen LogP contribution >= 0.6 is 11.3 Å². The number of rotatable bonds is 4. The van der Waals surface area contributed by atoms with Gasteiger partial charge in [0.15, 0.2) is 5.84 Å². The molecular formula is C13H16N4O2S. The van der Waals surface area contributed by atoms with E-state index in [0.29, 0.717) is 5.69 Å². The van der Waals surface area contributed by atoms with E-state index < -0.39 is 5.92 Å². The van der Waals surface area contributed by atoms with Gasteiger partial charge in [0.05, 0.1) is 15.7 Å². The van der Waals surface area contributed by atoms with Gasteiger partial charge in [-0.1, -0.05) is 19.0 Å². The Kier molecular flexibility index (Phi) is 4.19. The van der Waals surface area contributed by atoms with Crippen molar-refractivity contribution in [1.82, 2.24) is 4.98 Å². The van der Waals surface area contributed by atoms with Crippen molar-refractivity contribution in [1.29, 1.82) is 0 Å². The molecule has 0 bridgehead atoms. The highest BCUT2D eigenvalue weighted by Crippen LogP contribution is 2.23. The number of amides is 1. The van der Waals surface area contributed by atoms with Gasteiger partial charge in [-0.3, -0.25) is 4.79 Å². The summed E-state index contributed by atoms with van der Waals surface area (Å²) in [5.41, 5.74) is 8.89. The van der Waals surface area contributed by atoms with Gasteiger partial charge >= 0.3 is 0 Å². The number of carbonyl (C=O) groups is 1. The van der Waals surface area contributed by atoms with Gasteiger partial charge in [-0.25, -0.2) is 4.98 Å². The number of oxime groups is 1. The van der Waals surface area contributed by atoms with Gasteiger partial charge in [0, 0.05) is 5.69 Å². The molecule has 0 saturated heterocycles. The average Bonchev–Trinajstić information content (AvgIpc) is 2.85. The fourth-order valence-electron chi connectivity index (χ4n) is 1.99. The molecule has 0 saturated carbocycles. The average molecular weight is 292 g/mol. The predicted molar refractivity (Wildman–Crippen MR) is 80.0 cm³/mol. The van der Waals surface area contributed by atoms with E-state index in [1.54, 1.807) is 11.6 Å². The highest BCUT2D eigenvalue weighted by Gasteiger charge is 2.26. The van der Waals surface area contributed by atoms with E-state index >= 15 is 0 Å². The summed E-state index contributed by atoms with van der Waals surface area (Å²) in [6, 6.07) is 5.48. The minimum Gasteiger partial charge on any atom is -0.409 e. The Hall–Kier alpha value is -2.15. The summed E-state index contributed by atoms with van der Waals surface area (Å²) < 4.78 is 0.993. The quantitative estimate of drug-likeness (QED) is 0.348. The van der Waals surface area contributed by atoms with Gasteiger partial charge in [-0.2, -0.15) is 0 Å². The summed E-state index contributed by atoms with van der Waals surface area (Å²) in [5, 5.41) is 14.5. The maximum atomic E-state index is 12.2. The van der Waals surface area contributed by atoms with Gasteiger partial charge in [0.1, 0.15) is 5.92 Å². The van der Waals surface area contributed by atoms with Gasteiger partial charge in [-0.15, -0.1) is 11.3 Å². The van der Waals surface area contributed by atoms with E-state index in [0.717, 1.165) is 10.2 Å². The summed E-state index contributed by atoms with van der Waals surface area (Å²) in [5.74, 6) is -1.12. The van der Waals surface area contributed by atoms with Crippen LogP contribution in [0.3, 0.4) is 0 Å². The van der Waals surface area contributed by atoms with Gasteiger partial charge in [-0.05, 0) is 24.1 Å². The van der Waals surface area contributed by atoms with Crippen molar-refractivity contribution in [3.05, 3.63) is 23.7 Å². The number of aromatic nitrogens is 1. The largest absolute Gasteiger partial charge is 0.409 e. The summed E-state index contributed by atoms with van der Waals surface area (Å²) in [7, 11) is 0. The fraction of sp³-hybridized carbons (Fsp3) is 0.308. The van der Waals surface area contributed by atoms with Crippen LogP contribution in [-0.2, 0) is 4.79 Å². The molecule has 20 heavy (non-hydrogen) atoms. The molecule has 0 aliphatic heterocycles. The van der Waals surface area contributed by atoms with E-state index in [1.807, 2.05) is 26.0 Å². The number of benzene rings is 1. The molecule has 0 aliphatic carbocycles. The zero-order valence-electron chi connectivity index (χ0n) is 11.2. The molecule has 2 rings (SSSR count). The topological polar surface area (TPSA) is 101 Å². The Balaban J connectivity index is 2.20. The lowest BCUT2D eigenvalue weighted by Crippen LogP contribution is -2.38. The normalized spacial score (nSPS) is 13.7. The van der Waals surface area contributed by atoms with Crippen molar-refractivity contribution in [3.63, 3.8) is 0 Å². The summed E-state index contributed by atoms with van der Waals surface area (Å²) in [6.45, 7) is 3.68. The van der Waals surface area contributed by atoms with Crippen molar-refractivity contribution >= 4 is 39.0 Å². The number of carbonyl (C=O) groups excluding carboxylic acids is 1. The van der Waals surface area contributed by atoms with Crippen molar-refractivity contribution in [2.24, 2.45) is 22.7 Å². The molecule has 1 amide bonds. The molecule has 0 radical (unpaired) electrons. The number of hydrogen-bond acceptors (Lipinski definition) is 5. The second-order valence-electron chi connectivity index (χ2n) is 4.77. The lowest BCUT2D eigenvalue weighted by atomic mass is 9.94. The van der Waals surface area contributed by atoms with Gasteiger partial charge < -0.3 is 16.3 Å². The minimum absolute atomic E-state index is 0.0713. The van der Waals surface area contributed by atoms with Crippen LogP contribution in [0.15, 0.2) is 28.9 Å². The van der Waals surface area contributed by atoms with Crippen LogP contribution in [-0.4, -0.2) is 21.9 Å². The van der Waals surface area contributed by atoms with E-state index in [9.17, 15) is 4.79 Å². The predicted octanol–water partition coefficient (Wildman–Crippen LogP) is 2.25. The Labute approximate surface area is 120 Å². The van der Waals surface area contributed by atoms with Gasteiger partial charge in [0.2, 0.25) is 5.91 Å². The molecule has 106 valence electrons. The summed E-state index contributed by atoms with van der Waals surface area (Å²) >= 11 is 1.50. The van der Waals surface area contributed by atoms with Crippen LogP contribution in [0.25, 0.3) is 10.2 Å². The number of nitrogens with one attached hydrogen (secondary N) is 1. The molecule has 0 spiro atoms. The van der Waals surface area contributed by atoms with Crippen molar-refractivity contribution in [3.8, 4) is 0 Å². The first-order valence-corrected chi connectivity index (χ1v) is 7.02. The SMILES string of the molecule is CC(C)C(C(=O)Nc1ccc2ncsc2c1)/C(N)=N/O. The first-order valence-electron chi connectivity index (χ1n) is 6.14. The third-order valence-corrected chi connectivity index (χ3v) is 3.77. The second-order valence-corrected chi connectivity index (χ2v) is 5.66. The number of nitrogens with two attached hydrogens (primary N) is 1. The highest BCUT2D eigenvalue weighted by atomic mass is 32.1. The standard InChI is InChI=1S/C13H16N4O2S/c1-7(2)11(12(14)17-19)13(18)16-8-3-4-9-10(5-8)20-6-15-9/h3-7,11,19H,1-2H3,(H2,14,17)(H,16,18). The van der Waals surface area contributed by atoms with E-state index in [2.05, 4.69) is 15.5 Å². The second kappa shape index (κ2) is 5.87. The number of anilines is 1.